The molecule has 6 rings (SSSR count). The molecule has 8 nitrogen and oxygen atoms in total. The second-order valence-corrected chi connectivity index (χ2v) is 9.08. The van der Waals surface area contributed by atoms with Crippen LogP contribution in [0.25, 0.3) is 38.9 Å². The lowest BCUT2D eigenvalue weighted by atomic mass is 10.1. The standard InChI is InChI=1S/C27H19N7OS/c1-17-24(36-27(29-17)19-6-3-2-4-7-19)26(35)30-21-11-9-18(10-12-21)22-13-14-23-31-32-25(34(23)33-22)20-8-5-15-28-16-20/h2-16H,1H3,(H,30,35). The lowest BCUT2D eigenvalue weighted by Gasteiger charge is -2.07. The topological polar surface area (TPSA) is 98.0 Å². The van der Waals surface area contributed by atoms with E-state index in [0.29, 0.717) is 27.7 Å². The number of carbonyl (C=O) groups excluding carboxylic acids is 1. The smallest absolute Gasteiger partial charge is 0.267 e. The van der Waals surface area contributed by atoms with Gasteiger partial charge < -0.3 is 5.32 Å². The third-order valence-electron chi connectivity index (χ3n) is 5.64. The zero-order valence-electron chi connectivity index (χ0n) is 19.2. The van der Waals surface area contributed by atoms with Crippen molar-refractivity contribution in [2.75, 3.05) is 5.32 Å². The van der Waals surface area contributed by atoms with Crippen molar-refractivity contribution in [3.8, 4) is 33.2 Å². The van der Waals surface area contributed by atoms with Gasteiger partial charge in [0.05, 0.1) is 11.4 Å². The summed E-state index contributed by atoms with van der Waals surface area (Å²) in [5, 5.41) is 17.0. The molecule has 0 unspecified atom stereocenters. The minimum absolute atomic E-state index is 0.176. The molecule has 2 aromatic carbocycles. The van der Waals surface area contributed by atoms with Crippen LogP contribution >= 0.6 is 11.3 Å². The average Bonchev–Trinajstić information content (AvgIpc) is 3.53. The fourth-order valence-electron chi connectivity index (χ4n) is 3.84. The lowest BCUT2D eigenvalue weighted by molar-refractivity contribution is 0.103. The van der Waals surface area contributed by atoms with E-state index < -0.39 is 0 Å². The van der Waals surface area contributed by atoms with Gasteiger partial charge in [0, 0.05) is 34.8 Å². The Kier molecular flexibility index (Phi) is 5.51. The Bertz CT molecular complexity index is 1680. The first-order valence-corrected chi connectivity index (χ1v) is 12.0. The van der Waals surface area contributed by atoms with Crippen LogP contribution in [0.5, 0.6) is 0 Å². The molecule has 0 aliphatic rings. The number of aromatic nitrogens is 6. The summed E-state index contributed by atoms with van der Waals surface area (Å²) in [6.45, 7) is 1.85. The number of nitrogens with zero attached hydrogens (tertiary/aromatic N) is 6. The number of pyridine rings is 1. The number of hydrogen-bond acceptors (Lipinski definition) is 7. The number of benzene rings is 2. The van der Waals surface area contributed by atoms with Crippen molar-refractivity contribution in [1.29, 1.82) is 0 Å². The van der Waals surface area contributed by atoms with Gasteiger partial charge in [-0.25, -0.2) is 4.98 Å². The average molecular weight is 490 g/mol. The largest absolute Gasteiger partial charge is 0.321 e. The molecule has 0 saturated carbocycles. The highest BCUT2D eigenvalue weighted by Gasteiger charge is 2.17. The Labute approximate surface area is 210 Å². The van der Waals surface area contributed by atoms with Crippen LogP contribution in [-0.4, -0.2) is 35.7 Å². The maximum atomic E-state index is 12.9. The van der Waals surface area contributed by atoms with Crippen LogP contribution in [0.4, 0.5) is 5.69 Å². The van der Waals surface area contributed by atoms with E-state index in [4.69, 9.17) is 5.10 Å². The van der Waals surface area contributed by atoms with Gasteiger partial charge in [0.2, 0.25) is 0 Å². The van der Waals surface area contributed by atoms with Gasteiger partial charge in [0.15, 0.2) is 11.5 Å². The summed E-state index contributed by atoms with van der Waals surface area (Å²) >= 11 is 1.39. The molecule has 1 amide bonds. The third-order valence-corrected chi connectivity index (χ3v) is 6.85. The summed E-state index contributed by atoms with van der Waals surface area (Å²) in [7, 11) is 0. The summed E-state index contributed by atoms with van der Waals surface area (Å²) in [5.74, 6) is 0.448. The summed E-state index contributed by atoms with van der Waals surface area (Å²) in [6.07, 6.45) is 3.44. The molecule has 0 aliphatic carbocycles. The Morgan fingerprint density at radius 1 is 0.861 bits per heavy atom. The van der Waals surface area contributed by atoms with E-state index >= 15 is 0 Å². The number of carbonyl (C=O) groups is 1. The maximum absolute atomic E-state index is 12.9. The maximum Gasteiger partial charge on any atom is 0.267 e. The van der Waals surface area contributed by atoms with E-state index in [2.05, 4.69) is 25.5 Å². The van der Waals surface area contributed by atoms with Crippen LogP contribution in [-0.2, 0) is 0 Å². The predicted molar refractivity (Wildman–Crippen MR) is 140 cm³/mol. The fraction of sp³-hybridized carbons (Fsp3) is 0.0370. The van der Waals surface area contributed by atoms with Crippen molar-refractivity contribution < 1.29 is 4.79 Å². The third kappa shape index (κ3) is 4.12. The molecule has 0 fully saturated rings. The van der Waals surface area contributed by atoms with Crippen LogP contribution in [0.1, 0.15) is 15.4 Å². The molecule has 0 spiro atoms. The molecule has 0 saturated heterocycles. The molecule has 1 N–H and O–H groups in total. The van der Waals surface area contributed by atoms with E-state index in [9.17, 15) is 4.79 Å². The van der Waals surface area contributed by atoms with Gasteiger partial charge in [-0.1, -0.05) is 42.5 Å². The van der Waals surface area contributed by atoms with Crippen LogP contribution in [0.2, 0.25) is 0 Å². The van der Waals surface area contributed by atoms with E-state index in [1.165, 1.54) is 11.3 Å². The highest BCUT2D eigenvalue weighted by molar-refractivity contribution is 7.17. The van der Waals surface area contributed by atoms with Crippen LogP contribution in [0.15, 0.2) is 91.3 Å². The summed E-state index contributed by atoms with van der Waals surface area (Å²) in [4.78, 5) is 22.3. The number of thiazole rings is 1. The number of fused-ring (bicyclic) bond motifs is 1. The summed E-state index contributed by atoms with van der Waals surface area (Å²) in [5.41, 5.74) is 5.55. The van der Waals surface area contributed by atoms with Crippen molar-refractivity contribution in [3.63, 3.8) is 0 Å². The predicted octanol–water partition coefficient (Wildman–Crippen LogP) is 5.54. The summed E-state index contributed by atoms with van der Waals surface area (Å²) in [6, 6.07) is 25.0. The number of hydrogen-bond donors (Lipinski definition) is 1. The van der Waals surface area contributed by atoms with E-state index in [-0.39, 0.29) is 5.91 Å². The fourth-order valence-corrected chi connectivity index (χ4v) is 4.81. The van der Waals surface area contributed by atoms with Gasteiger partial charge in [-0.15, -0.1) is 21.5 Å². The van der Waals surface area contributed by atoms with E-state index in [1.54, 1.807) is 16.9 Å². The molecule has 0 radical (unpaired) electrons. The number of amides is 1. The number of rotatable bonds is 5. The molecule has 9 heteroatoms. The van der Waals surface area contributed by atoms with Gasteiger partial charge in [0.25, 0.3) is 5.91 Å². The van der Waals surface area contributed by atoms with E-state index in [1.807, 2.05) is 85.8 Å². The zero-order chi connectivity index (χ0) is 24.5. The second kappa shape index (κ2) is 9.12. The number of anilines is 1. The van der Waals surface area contributed by atoms with Crippen molar-refractivity contribution in [1.82, 2.24) is 29.8 Å². The normalized spacial score (nSPS) is 11.0. The van der Waals surface area contributed by atoms with Crippen molar-refractivity contribution in [2.45, 2.75) is 6.92 Å². The first-order chi connectivity index (χ1) is 17.7. The Morgan fingerprint density at radius 2 is 1.67 bits per heavy atom. The molecule has 36 heavy (non-hydrogen) atoms. The number of aryl methyl sites for hydroxylation is 1. The van der Waals surface area contributed by atoms with Gasteiger partial charge >= 0.3 is 0 Å². The molecule has 0 bridgehead atoms. The lowest BCUT2D eigenvalue weighted by Crippen LogP contribution is -2.11. The molecule has 0 atom stereocenters. The molecular weight excluding hydrogens is 470 g/mol. The zero-order valence-corrected chi connectivity index (χ0v) is 20.0. The van der Waals surface area contributed by atoms with Crippen molar-refractivity contribution >= 4 is 28.6 Å². The summed E-state index contributed by atoms with van der Waals surface area (Å²) < 4.78 is 1.71. The highest BCUT2D eigenvalue weighted by Crippen LogP contribution is 2.29. The van der Waals surface area contributed by atoms with Gasteiger partial charge in [0.1, 0.15) is 9.88 Å². The monoisotopic (exact) mass is 489 g/mol. The SMILES string of the molecule is Cc1nc(-c2ccccc2)sc1C(=O)Nc1ccc(-c2ccc3nnc(-c4cccnc4)n3n2)cc1. The first-order valence-electron chi connectivity index (χ1n) is 11.2. The van der Waals surface area contributed by atoms with Crippen molar-refractivity contribution in [3.05, 3.63) is 102 Å². The molecule has 4 heterocycles. The van der Waals surface area contributed by atoms with Gasteiger partial charge in [-0.2, -0.15) is 9.61 Å². The minimum atomic E-state index is -0.176. The van der Waals surface area contributed by atoms with Crippen molar-refractivity contribution in [2.24, 2.45) is 0 Å². The first kappa shape index (κ1) is 21.8. The highest BCUT2D eigenvalue weighted by atomic mass is 32.1. The minimum Gasteiger partial charge on any atom is -0.321 e. The molecule has 174 valence electrons. The second-order valence-electron chi connectivity index (χ2n) is 8.08. The Morgan fingerprint density at radius 3 is 2.44 bits per heavy atom. The van der Waals surface area contributed by atoms with E-state index in [0.717, 1.165) is 27.4 Å². The van der Waals surface area contributed by atoms with Gasteiger partial charge in [-0.05, 0) is 43.3 Å². The van der Waals surface area contributed by atoms with Crippen LogP contribution in [0.3, 0.4) is 0 Å². The Hall–Kier alpha value is -4.76. The molecular formula is C27H19N7OS. The quantitative estimate of drug-likeness (QED) is 0.342. The molecule has 6 aromatic rings. The van der Waals surface area contributed by atoms with Crippen LogP contribution in [0, 0.1) is 6.92 Å². The van der Waals surface area contributed by atoms with Gasteiger partial charge in [-0.3, -0.25) is 9.78 Å². The molecule has 0 aliphatic heterocycles. The number of nitrogens with one attached hydrogen (secondary N) is 1. The molecule has 4 aromatic heterocycles. The van der Waals surface area contributed by atoms with Crippen LogP contribution < -0.4 is 5.32 Å². The Balaban J connectivity index is 1.23.